The summed E-state index contributed by atoms with van der Waals surface area (Å²) in [4.78, 5) is 27.7. The molecule has 2 aromatic heterocycles. The Morgan fingerprint density at radius 2 is 1.00 bits per heavy atom. The number of aliphatic carboxylic acids is 1. The number of rotatable bonds is 17. The smallest absolute Gasteiger partial charge is 0.307 e. The lowest BCUT2D eigenvalue weighted by molar-refractivity contribution is -0.136. The Morgan fingerprint density at radius 3 is 1.30 bits per heavy atom. The summed E-state index contributed by atoms with van der Waals surface area (Å²) in [5, 5.41) is 22.2. The van der Waals surface area contributed by atoms with Crippen molar-refractivity contribution < 1.29 is 40.3 Å². The summed E-state index contributed by atoms with van der Waals surface area (Å²) in [6.45, 7) is 16.7. The van der Waals surface area contributed by atoms with E-state index < -0.39 is 31.9 Å². The second-order valence-electron chi connectivity index (χ2n) is 18.8. The summed E-state index contributed by atoms with van der Waals surface area (Å²) in [5.74, 6) is -1.94. The van der Waals surface area contributed by atoms with E-state index in [1.807, 2.05) is 93.4 Å². The fraction of sp³-hybridized carbons (Fsp3) is 0.574. The van der Waals surface area contributed by atoms with Gasteiger partial charge in [-0.2, -0.15) is 18.6 Å². The Balaban J connectivity index is 0.000000287. The standard InChI is InChI=1S/C23H33FN4O3S.C14H19FO2.C9H16N4O2S.CH4/c1-14(2)19-9-16(24)10-20(15(3)4)21(19)12-22(29)26-32(30,31)23-11-18(13-27(5)6)28(25-23)17-7-8-17;1-8(2)11-5-10(15)6-12(9(3)4)13(11)7-14(16)17;1-12(2)6-8-5-9(16(10,14)15)11-13(8)7-3-4-7;/h9-11,14-15,17H,7-8,12-13H2,1-6H3,(H,26,29);5-6,8-9H,7H2,1-4H3,(H,16,17);5,7H,3-4,6H2,1-2H3,(H2,10,14,15);1H4. The molecule has 0 bridgehead atoms. The average molecular weight is 963 g/mol. The first kappa shape index (κ1) is 55.8. The van der Waals surface area contributed by atoms with Crippen LogP contribution in [-0.2, 0) is 55.6 Å². The molecule has 0 unspecified atom stereocenters. The Bertz CT molecular complexity index is 2480. The van der Waals surface area contributed by atoms with Crippen LogP contribution in [0.4, 0.5) is 8.78 Å². The van der Waals surface area contributed by atoms with Gasteiger partial charge in [0.2, 0.25) is 5.91 Å². The molecule has 19 heteroatoms. The van der Waals surface area contributed by atoms with Crippen LogP contribution in [0, 0.1) is 11.6 Å². The Kier molecular flexibility index (Phi) is 19.4. The predicted molar refractivity (Wildman–Crippen MR) is 253 cm³/mol. The number of amides is 1. The first-order valence-electron chi connectivity index (χ1n) is 22.0. The van der Waals surface area contributed by atoms with Crippen molar-refractivity contribution in [1.82, 2.24) is 34.1 Å². The molecule has 0 saturated heterocycles. The van der Waals surface area contributed by atoms with Gasteiger partial charge in [-0.25, -0.2) is 27.1 Å². The van der Waals surface area contributed by atoms with Crippen molar-refractivity contribution in [3.63, 3.8) is 0 Å². The molecule has 2 heterocycles. The molecule has 368 valence electrons. The van der Waals surface area contributed by atoms with E-state index in [1.165, 1.54) is 30.3 Å². The van der Waals surface area contributed by atoms with Gasteiger partial charge in [0.25, 0.3) is 20.0 Å². The number of nitrogens with two attached hydrogens (primary N) is 1. The molecule has 66 heavy (non-hydrogen) atoms. The maximum atomic E-state index is 14.1. The van der Waals surface area contributed by atoms with Crippen LogP contribution < -0.4 is 9.86 Å². The van der Waals surface area contributed by atoms with E-state index in [0.29, 0.717) is 35.8 Å². The number of hydrogen-bond donors (Lipinski definition) is 3. The number of nitrogens with one attached hydrogen (secondary N) is 1. The number of carboxylic acids is 1. The lowest BCUT2D eigenvalue weighted by Crippen LogP contribution is -2.32. The van der Waals surface area contributed by atoms with Gasteiger partial charge in [-0.15, -0.1) is 0 Å². The Morgan fingerprint density at radius 1 is 0.667 bits per heavy atom. The second-order valence-corrected chi connectivity index (χ2v) is 22.0. The van der Waals surface area contributed by atoms with E-state index in [2.05, 4.69) is 14.9 Å². The maximum absolute atomic E-state index is 14.1. The van der Waals surface area contributed by atoms with Crippen molar-refractivity contribution >= 4 is 31.9 Å². The number of benzene rings is 2. The van der Waals surface area contributed by atoms with Gasteiger partial charge in [0.15, 0.2) is 10.1 Å². The van der Waals surface area contributed by atoms with Gasteiger partial charge in [0.05, 0.1) is 36.3 Å². The molecule has 0 radical (unpaired) electrons. The van der Waals surface area contributed by atoms with Crippen LogP contribution in [0.3, 0.4) is 0 Å². The summed E-state index contributed by atoms with van der Waals surface area (Å²) in [7, 11) is -0.146. The topological polar surface area (TPSA) is 203 Å². The van der Waals surface area contributed by atoms with Gasteiger partial charge in [0, 0.05) is 25.2 Å². The quantitative estimate of drug-likeness (QED) is 0.0926. The number of carbonyl (C=O) groups is 2. The lowest BCUT2D eigenvalue weighted by Gasteiger charge is -2.19. The number of carboxylic acid groups (broad SMARTS) is 1. The van der Waals surface area contributed by atoms with Gasteiger partial charge < -0.3 is 14.9 Å². The molecule has 15 nitrogen and oxygen atoms in total. The third-order valence-electron chi connectivity index (χ3n) is 10.9. The minimum atomic E-state index is -4.12. The number of primary sulfonamides is 1. The number of hydrogen-bond acceptors (Lipinski definition) is 10. The van der Waals surface area contributed by atoms with Crippen LogP contribution in [0.25, 0.3) is 0 Å². The summed E-state index contributed by atoms with van der Waals surface area (Å²) in [6, 6.07) is 9.43. The summed E-state index contributed by atoms with van der Waals surface area (Å²) in [6.07, 6.45) is 3.87. The van der Waals surface area contributed by atoms with Crippen molar-refractivity contribution in [2.24, 2.45) is 5.14 Å². The summed E-state index contributed by atoms with van der Waals surface area (Å²) < 4.78 is 81.7. The number of sulfonamides is 2. The van der Waals surface area contributed by atoms with E-state index in [4.69, 9.17) is 10.2 Å². The molecule has 0 aliphatic heterocycles. The molecule has 2 aliphatic carbocycles. The molecule has 4 N–H and O–H groups in total. The highest BCUT2D eigenvalue weighted by Crippen LogP contribution is 2.37. The fourth-order valence-electron chi connectivity index (χ4n) is 7.62. The maximum Gasteiger partial charge on any atom is 0.307 e. The normalized spacial score (nSPS) is 14.1. The highest BCUT2D eigenvalue weighted by atomic mass is 32.2. The minimum absolute atomic E-state index is 0. The van der Waals surface area contributed by atoms with Crippen molar-refractivity contribution in [2.75, 3.05) is 28.2 Å². The molecule has 2 aliphatic rings. The Labute approximate surface area is 391 Å². The first-order chi connectivity index (χ1) is 30.1. The molecule has 0 atom stereocenters. The van der Waals surface area contributed by atoms with Gasteiger partial charge in [-0.05, 0) is 135 Å². The van der Waals surface area contributed by atoms with Gasteiger partial charge in [-0.1, -0.05) is 62.8 Å². The third-order valence-corrected chi connectivity index (χ3v) is 12.9. The zero-order valence-electron chi connectivity index (χ0n) is 39.8. The van der Waals surface area contributed by atoms with Gasteiger partial charge in [0.1, 0.15) is 11.6 Å². The largest absolute Gasteiger partial charge is 0.481 e. The molecule has 6 rings (SSSR count). The SMILES string of the molecule is C.CC(C)c1cc(F)cc(C(C)C)c1CC(=O)NS(=O)(=O)c1cc(CN(C)C)n(C2CC2)n1.CC(C)c1cc(F)cc(C(C)C)c1CC(=O)O.CN(C)Cc1cc(S(N)(=O)=O)nn1C1CC1. The molecular formula is C47H72F2N8O7S2. The molecule has 2 saturated carbocycles. The monoisotopic (exact) mass is 962 g/mol. The van der Waals surface area contributed by atoms with Gasteiger partial charge >= 0.3 is 5.97 Å². The van der Waals surface area contributed by atoms with E-state index in [-0.39, 0.29) is 71.7 Å². The van der Waals surface area contributed by atoms with E-state index in [1.54, 1.807) is 15.4 Å². The fourth-order valence-corrected chi connectivity index (χ4v) is 9.08. The van der Waals surface area contributed by atoms with Crippen LogP contribution in [0.1, 0.15) is 169 Å². The van der Waals surface area contributed by atoms with Crippen LogP contribution in [0.5, 0.6) is 0 Å². The van der Waals surface area contributed by atoms with Crippen LogP contribution in [0.2, 0.25) is 0 Å². The number of aromatic nitrogens is 4. The number of nitrogens with zero attached hydrogens (tertiary/aromatic N) is 6. The second kappa shape index (κ2) is 23.0. The Hall–Kier alpha value is -4.56. The summed E-state index contributed by atoms with van der Waals surface area (Å²) in [5.41, 5.74) is 6.18. The van der Waals surface area contributed by atoms with E-state index >= 15 is 0 Å². The highest BCUT2D eigenvalue weighted by molar-refractivity contribution is 7.90. The van der Waals surface area contributed by atoms with Crippen molar-refractivity contribution in [1.29, 1.82) is 0 Å². The third kappa shape index (κ3) is 15.5. The molecular weight excluding hydrogens is 891 g/mol. The van der Waals surface area contributed by atoms with E-state index in [9.17, 15) is 35.2 Å². The molecule has 2 aromatic carbocycles. The number of carbonyl (C=O) groups excluding carboxylic acids is 1. The molecule has 2 fully saturated rings. The molecule has 0 spiro atoms. The zero-order valence-corrected chi connectivity index (χ0v) is 41.4. The lowest BCUT2D eigenvalue weighted by atomic mass is 9.87. The van der Waals surface area contributed by atoms with Gasteiger partial charge in [-0.3, -0.25) is 19.0 Å². The van der Waals surface area contributed by atoms with Crippen molar-refractivity contribution in [2.45, 2.75) is 160 Å². The minimum Gasteiger partial charge on any atom is -0.481 e. The van der Waals surface area contributed by atoms with Crippen LogP contribution in [0.15, 0.2) is 46.5 Å². The predicted octanol–water partition coefficient (Wildman–Crippen LogP) is 7.98. The van der Waals surface area contributed by atoms with Crippen LogP contribution in [-0.4, -0.2) is 91.4 Å². The molecule has 4 aromatic rings. The highest BCUT2D eigenvalue weighted by Gasteiger charge is 2.32. The van der Waals surface area contributed by atoms with E-state index in [0.717, 1.165) is 53.8 Å². The molecule has 1 amide bonds. The average Bonchev–Trinajstić information content (AvgIpc) is 4.11. The van der Waals surface area contributed by atoms with Crippen molar-refractivity contribution in [3.05, 3.63) is 92.8 Å². The first-order valence-corrected chi connectivity index (χ1v) is 25.0. The zero-order chi connectivity index (χ0) is 48.9. The summed E-state index contributed by atoms with van der Waals surface area (Å²) >= 11 is 0. The number of halogens is 2. The van der Waals surface area contributed by atoms with Crippen LogP contribution >= 0.6 is 0 Å². The van der Waals surface area contributed by atoms with Crippen molar-refractivity contribution in [3.8, 4) is 0 Å².